The number of hydrogen-bond acceptors (Lipinski definition) is 4. The molecule has 0 bridgehead atoms. The molecule has 2 rings (SSSR count). The molecule has 0 aromatic carbocycles. The molecule has 1 saturated heterocycles. The van der Waals surface area contributed by atoms with Crippen molar-refractivity contribution in [3.8, 4) is 0 Å². The zero-order chi connectivity index (χ0) is 9.97. The van der Waals surface area contributed by atoms with E-state index in [1.54, 1.807) is 10.9 Å². The molecule has 1 aliphatic rings. The Kier molecular flexibility index (Phi) is 3.24. The summed E-state index contributed by atoms with van der Waals surface area (Å²) in [6.45, 7) is 2.52. The van der Waals surface area contributed by atoms with Crippen LogP contribution in [0.4, 0.5) is 5.82 Å². The second-order valence-corrected chi connectivity index (χ2v) is 4.29. The molecule has 0 atom stereocenters. The van der Waals surface area contributed by atoms with Crippen LogP contribution in [0.1, 0.15) is 6.04 Å². The third kappa shape index (κ3) is 2.01. The van der Waals surface area contributed by atoms with Crippen LogP contribution in [0.2, 0.25) is 0 Å². The summed E-state index contributed by atoms with van der Waals surface area (Å²) in [4.78, 5) is 0. The molecule has 14 heavy (non-hydrogen) atoms. The Balaban J connectivity index is 2.16. The highest BCUT2D eigenvalue weighted by Gasteiger charge is 2.18. The highest BCUT2D eigenvalue weighted by molar-refractivity contribution is 14.1. The predicted octanol–water partition coefficient (Wildman–Crippen LogP) is 0.658. The number of halogens is 1. The summed E-state index contributed by atoms with van der Waals surface area (Å²) in [7, 11) is 0. The lowest BCUT2D eigenvalue weighted by Crippen LogP contribution is -2.21. The molecule has 1 aromatic heterocycles. The van der Waals surface area contributed by atoms with Crippen molar-refractivity contribution in [1.82, 2.24) is 9.78 Å². The molecule has 0 saturated carbocycles. The molecule has 1 aromatic rings. The van der Waals surface area contributed by atoms with Crippen molar-refractivity contribution >= 4 is 28.4 Å². The van der Waals surface area contributed by atoms with Crippen LogP contribution in [-0.4, -0.2) is 36.2 Å². The molecule has 0 amide bonds. The van der Waals surface area contributed by atoms with Crippen molar-refractivity contribution in [3.63, 3.8) is 0 Å². The van der Waals surface area contributed by atoms with Gasteiger partial charge >= 0.3 is 0 Å². The monoisotopic (exact) mass is 309 g/mol. The van der Waals surface area contributed by atoms with Gasteiger partial charge in [-0.05, 0) is 22.6 Å². The molecule has 0 aliphatic carbocycles. The normalized spacial score (nSPS) is 19.5. The van der Waals surface area contributed by atoms with E-state index < -0.39 is 0 Å². The number of ether oxygens (including phenoxy) is 2. The quantitative estimate of drug-likeness (QED) is 0.774. The van der Waals surface area contributed by atoms with Crippen LogP contribution >= 0.6 is 22.6 Å². The number of nitrogens with zero attached hydrogens (tertiary/aromatic N) is 2. The fourth-order valence-electron chi connectivity index (χ4n) is 1.39. The highest BCUT2D eigenvalue weighted by atomic mass is 127. The largest absolute Gasteiger partial charge is 0.383 e. The Morgan fingerprint density at radius 2 is 2.07 bits per heavy atom. The van der Waals surface area contributed by atoms with Crippen LogP contribution in [0.5, 0.6) is 0 Å². The summed E-state index contributed by atoms with van der Waals surface area (Å²) >= 11 is 2.16. The van der Waals surface area contributed by atoms with Crippen LogP contribution in [-0.2, 0) is 9.47 Å². The van der Waals surface area contributed by atoms with Crippen molar-refractivity contribution in [2.75, 3.05) is 32.2 Å². The first-order chi connectivity index (χ1) is 6.79. The molecule has 0 spiro atoms. The van der Waals surface area contributed by atoms with Crippen LogP contribution < -0.4 is 5.73 Å². The van der Waals surface area contributed by atoms with Gasteiger partial charge in [-0.1, -0.05) is 0 Å². The second-order valence-electron chi connectivity index (χ2n) is 3.13. The lowest BCUT2D eigenvalue weighted by molar-refractivity contribution is 0.103. The number of nitrogen functional groups attached to an aromatic ring is 1. The van der Waals surface area contributed by atoms with Crippen LogP contribution in [0.25, 0.3) is 0 Å². The molecular formula is C8H12IN3O2. The number of aromatic nitrogens is 2. The SMILES string of the molecule is Nc1c(I)cnn1C1COCCOC1. The zero-order valence-corrected chi connectivity index (χ0v) is 9.81. The minimum Gasteiger partial charge on any atom is -0.383 e. The summed E-state index contributed by atoms with van der Waals surface area (Å²) in [5.41, 5.74) is 5.87. The van der Waals surface area contributed by atoms with Crippen LogP contribution in [0.15, 0.2) is 6.20 Å². The summed E-state index contributed by atoms with van der Waals surface area (Å²) in [5.74, 6) is 0.685. The first-order valence-electron chi connectivity index (χ1n) is 4.43. The fourth-order valence-corrected chi connectivity index (χ4v) is 1.76. The van der Waals surface area contributed by atoms with E-state index in [1.807, 2.05) is 0 Å². The van der Waals surface area contributed by atoms with Gasteiger partial charge in [0.05, 0.1) is 36.2 Å². The van der Waals surface area contributed by atoms with Gasteiger partial charge in [-0.15, -0.1) is 0 Å². The van der Waals surface area contributed by atoms with Crippen molar-refractivity contribution in [1.29, 1.82) is 0 Å². The van der Waals surface area contributed by atoms with Gasteiger partial charge in [0, 0.05) is 0 Å². The van der Waals surface area contributed by atoms with E-state index in [9.17, 15) is 0 Å². The summed E-state index contributed by atoms with van der Waals surface area (Å²) in [5, 5.41) is 4.20. The number of nitrogens with two attached hydrogens (primary N) is 1. The molecule has 6 heteroatoms. The average molecular weight is 309 g/mol. The van der Waals surface area contributed by atoms with E-state index in [-0.39, 0.29) is 6.04 Å². The van der Waals surface area contributed by atoms with E-state index in [0.717, 1.165) is 3.57 Å². The van der Waals surface area contributed by atoms with Crippen molar-refractivity contribution in [3.05, 3.63) is 9.77 Å². The Labute approximate surface area is 95.7 Å². The van der Waals surface area contributed by atoms with Gasteiger partial charge in [-0.25, -0.2) is 4.68 Å². The highest BCUT2D eigenvalue weighted by Crippen LogP contribution is 2.19. The number of hydrogen-bond donors (Lipinski definition) is 1. The lowest BCUT2D eigenvalue weighted by Gasteiger charge is -2.15. The minimum absolute atomic E-state index is 0.0982. The molecule has 78 valence electrons. The molecule has 2 heterocycles. The molecule has 1 aliphatic heterocycles. The maximum Gasteiger partial charge on any atom is 0.135 e. The van der Waals surface area contributed by atoms with Gasteiger partial charge in [0.25, 0.3) is 0 Å². The third-order valence-electron chi connectivity index (χ3n) is 2.13. The van der Waals surface area contributed by atoms with E-state index in [4.69, 9.17) is 15.2 Å². The van der Waals surface area contributed by atoms with Crippen LogP contribution in [0.3, 0.4) is 0 Å². The summed E-state index contributed by atoms with van der Waals surface area (Å²) in [6, 6.07) is 0.0982. The third-order valence-corrected chi connectivity index (χ3v) is 2.96. The van der Waals surface area contributed by atoms with Gasteiger partial charge in [-0.2, -0.15) is 5.10 Å². The molecule has 0 radical (unpaired) electrons. The average Bonchev–Trinajstić information content (AvgIpc) is 2.47. The Hall–Kier alpha value is -0.340. The number of rotatable bonds is 1. The predicted molar refractivity (Wildman–Crippen MR) is 60.0 cm³/mol. The molecule has 2 N–H and O–H groups in total. The maximum absolute atomic E-state index is 5.87. The molecule has 0 unspecified atom stereocenters. The molecule has 1 fully saturated rings. The van der Waals surface area contributed by atoms with E-state index in [2.05, 4.69) is 27.7 Å². The van der Waals surface area contributed by atoms with Gasteiger partial charge in [0.2, 0.25) is 0 Å². The van der Waals surface area contributed by atoms with E-state index in [1.165, 1.54) is 0 Å². The molecule has 5 nitrogen and oxygen atoms in total. The standard InChI is InChI=1S/C8H12IN3O2/c9-7-3-11-12(8(7)10)6-4-13-1-2-14-5-6/h3,6H,1-2,4-5,10H2. The van der Waals surface area contributed by atoms with Crippen molar-refractivity contribution in [2.45, 2.75) is 6.04 Å². The van der Waals surface area contributed by atoms with Gasteiger partial charge in [0.15, 0.2) is 0 Å². The topological polar surface area (TPSA) is 62.3 Å². The first-order valence-corrected chi connectivity index (χ1v) is 5.51. The Morgan fingerprint density at radius 1 is 1.43 bits per heavy atom. The van der Waals surface area contributed by atoms with Crippen LogP contribution in [0, 0.1) is 3.57 Å². The number of anilines is 1. The molecular weight excluding hydrogens is 297 g/mol. The van der Waals surface area contributed by atoms with Gasteiger partial charge < -0.3 is 15.2 Å². The Morgan fingerprint density at radius 3 is 2.57 bits per heavy atom. The lowest BCUT2D eigenvalue weighted by atomic mass is 10.3. The van der Waals surface area contributed by atoms with Crippen molar-refractivity contribution in [2.24, 2.45) is 0 Å². The van der Waals surface area contributed by atoms with E-state index in [0.29, 0.717) is 32.2 Å². The fraction of sp³-hybridized carbons (Fsp3) is 0.625. The second kappa shape index (κ2) is 4.45. The summed E-state index contributed by atoms with van der Waals surface area (Å²) in [6.07, 6.45) is 1.75. The zero-order valence-electron chi connectivity index (χ0n) is 7.65. The maximum atomic E-state index is 5.87. The first kappa shape index (κ1) is 10.2. The van der Waals surface area contributed by atoms with E-state index >= 15 is 0 Å². The van der Waals surface area contributed by atoms with Gasteiger partial charge in [0.1, 0.15) is 11.9 Å². The van der Waals surface area contributed by atoms with Crippen molar-refractivity contribution < 1.29 is 9.47 Å². The summed E-state index contributed by atoms with van der Waals surface area (Å²) < 4.78 is 13.5. The minimum atomic E-state index is 0.0982. The smallest absolute Gasteiger partial charge is 0.135 e. The Bertz CT molecular complexity index is 308. The van der Waals surface area contributed by atoms with Gasteiger partial charge in [-0.3, -0.25) is 0 Å².